The summed E-state index contributed by atoms with van der Waals surface area (Å²) in [4.78, 5) is 16.5. The van der Waals surface area contributed by atoms with E-state index in [4.69, 9.17) is 0 Å². The van der Waals surface area contributed by atoms with Crippen molar-refractivity contribution in [3.63, 3.8) is 0 Å². The van der Waals surface area contributed by atoms with Crippen LogP contribution in [0.1, 0.15) is 34.5 Å². The molecule has 1 aromatic carbocycles. The number of Topliss-reactive ketones (excluding diaryl/α,β-unsaturated/α-hetero) is 1. The van der Waals surface area contributed by atoms with Crippen LogP contribution in [0.2, 0.25) is 0 Å². The minimum Gasteiger partial charge on any atom is -0.369 e. The third-order valence-electron chi connectivity index (χ3n) is 5.79. The maximum absolute atomic E-state index is 12.7. The number of piperazine rings is 1. The van der Waals surface area contributed by atoms with E-state index < -0.39 is 11.7 Å². The third kappa shape index (κ3) is 3.94. The van der Waals surface area contributed by atoms with Gasteiger partial charge in [-0.1, -0.05) is 0 Å². The molecule has 4 nitrogen and oxygen atoms in total. The largest absolute Gasteiger partial charge is 0.416 e. The Bertz CT molecular complexity index is 834. The van der Waals surface area contributed by atoms with Crippen LogP contribution in [0, 0.1) is 0 Å². The predicted octanol–water partition coefficient (Wildman–Crippen LogP) is 3.85. The molecule has 1 aliphatic heterocycles. The van der Waals surface area contributed by atoms with E-state index in [1.165, 1.54) is 5.69 Å². The molecule has 0 bridgehead atoms. The van der Waals surface area contributed by atoms with E-state index in [0.717, 1.165) is 75.5 Å². The van der Waals surface area contributed by atoms with Crippen molar-refractivity contribution < 1.29 is 18.0 Å². The summed E-state index contributed by atoms with van der Waals surface area (Å²) < 4.78 is 40.3. The van der Waals surface area contributed by atoms with E-state index in [-0.39, 0.29) is 5.78 Å². The summed E-state index contributed by atoms with van der Waals surface area (Å²) in [6.07, 6.45) is 0.284. The van der Waals surface area contributed by atoms with Crippen molar-refractivity contribution in [2.24, 2.45) is 0 Å². The number of aromatic nitrogens is 1. The van der Waals surface area contributed by atoms with Gasteiger partial charge in [0, 0.05) is 68.8 Å². The van der Waals surface area contributed by atoms with Crippen LogP contribution in [0.25, 0.3) is 0 Å². The second-order valence-corrected chi connectivity index (χ2v) is 7.52. The highest BCUT2D eigenvalue weighted by molar-refractivity contribution is 5.98. The van der Waals surface area contributed by atoms with Crippen LogP contribution < -0.4 is 4.90 Å². The zero-order chi connectivity index (χ0) is 19.7. The summed E-state index contributed by atoms with van der Waals surface area (Å²) in [7, 11) is 0. The lowest BCUT2D eigenvalue weighted by molar-refractivity contribution is -0.137. The molecule has 0 radical (unpaired) electrons. The van der Waals surface area contributed by atoms with Gasteiger partial charge in [-0.15, -0.1) is 0 Å². The molecule has 2 aromatic rings. The molecule has 1 aliphatic carbocycles. The minimum atomic E-state index is -4.29. The van der Waals surface area contributed by atoms with Crippen LogP contribution in [0.5, 0.6) is 0 Å². The van der Waals surface area contributed by atoms with Gasteiger partial charge in [-0.05, 0) is 43.2 Å². The van der Waals surface area contributed by atoms with E-state index in [1.807, 2.05) is 12.3 Å². The topological polar surface area (TPSA) is 28.5 Å². The van der Waals surface area contributed by atoms with Gasteiger partial charge in [0.15, 0.2) is 5.78 Å². The monoisotopic (exact) mass is 391 g/mol. The predicted molar refractivity (Wildman–Crippen MR) is 102 cm³/mol. The summed E-state index contributed by atoms with van der Waals surface area (Å²) in [6.45, 7) is 5.13. The number of ketones is 1. The molecule has 1 saturated heterocycles. The van der Waals surface area contributed by atoms with Crippen LogP contribution in [-0.4, -0.2) is 48.0 Å². The zero-order valence-electron chi connectivity index (χ0n) is 15.7. The van der Waals surface area contributed by atoms with E-state index in [0.29, 0.717) is 6.42 Å². The Hall–Kier alpha value is -2.28. The maximum Gasteiger partial charge on any atom is 0.416 e. The highest BCUT2D eigenvalue weighted by Gasteiger charge is 2.30. The molecule has 4 rings (SSSR count). The van der Waals surface area contributed by atoms with Gasteiger partial charge in [0.2, 0.25) is 0 Å². The number of nitrogens with zero attached hydrogens (tertiary/aromatic N) is 3. The smallest absolute Gasteiger partial charge is 0.369 e. The Balaban J connectivity index is 1.30. The van der Waals surface area contributed by atoms with Crippen molar-refractivity contribution in [1.29, 1.82) is 0 Å². The van der Waals surface area contributed by atoms with Crippen molar-refractivity contribution in [3.8, 4) is 0 Å². The van der Waals surface area contributed by atoms with Crippen molar-refractivity contribution in [3.05, 3.63) is 53.3 Å². The van der Waals surface area contributed by atoms with Gasteiger partial charge in [-0.3, -0.25) is 9.69 Å². The van der Waals surface area contributed by atoms with E-state index in [2.05, 4.69) is 14.4 Å². The van der Waals surface area contributed by atoms with Gasteiger partial charge in [-0.2, -0.15) is 13.2 Å². The molecule has 2 aliphatic rings. The number of hydrogen-bond donors (Lipinski definition) is 0. The molecule has 0 N–H and O–H groups in total. The average molecular weight is 391 g/mol. The first kappa shape index (κ1) is 19.1. The number of alkyl halides is 3. The van der Waals surface area contributed by atoms with Crippen LogP contribution in [0.15, 0.2) is 36.5 Å². The maximum atomic E-state index is 12.7. The number of benzene rings is 1. The van der Waals surface area contributed by atoms with Crippen LogP contribution in [0.4, 0.5) is 18.9 Å². The molecule has 7 heteroatoms. The molecule has 1 aromatic heterocycles. The van der Waals surface area contributed by atoms with Crippen LogP contribution in [-0.2, 0) is 19.1 Å². The highest BCUT2D eigenvalue weighted by Crippen LogP contribution is 2.30. The number of halogens is 3. The Morgan fingerprint density at radius 3 is 2.29 bits per heavy atom. The Kier molecular flexibility index (Phi) is 5.19. The standard InChI is InChI=1S/C21H24F3N3O/c22-21(23,24)16-4-6-17(7-5-16)26-13-10-25(11-14-26)12-15-27-9-8-18-19(27)2-1-3-20(18)28/h4-9H,1-3,10-15H2. The molecule has 2 heterocycles. The summed E-state index contributed by atoms with van der Waals surface area (Å²) in [6, 6.07) is 7.36. The van der Waals surface area contributed by atoms with Gasteiger partial charge in [0.05, 0.1) is 5.56 Å². The average Bonchev–Trinajstić information content (AvgIpc) is 3.11. The first-order valence-corrected chi connectivity index (χ1v) is 9.77. The Labute approximate surface area is 162 Å². The van der Waals surface area contributed by atoms with Gasteiger partial charge in [0.25, 0.3) is 0 Å². The van der Waals surface area contributed by atoms with Crippen molar-refractivity contribution >= 4 is 11.5 Å². The lowest BCUT2D eigenvalue weighted by Crippen LogP contribution is -2.47. The van der Waals surface area contributed by atoms with E-state index in [1.54, 1.807) is 12.1 Å². The van der Waals surface area contributed by atoms with Gasteiger partial charge >= 0.3 is 6.18 Å². The second-order valence-electron chi connectivity index (χ2n) is 7.52. The number of carbonyl (C=O) groups is 1. The zero-order valence-corrected chi connectivity index (χ0v) is 15.7. The van der Waals surface area contributed by atoms with E-state index >= 15 is 0 Å². The minimum absolute atomic E-state index is 0.255. The van der Waals surface area contributed by atoms with Gasteiger partial charge in [0.1, 0.15) is 0 Å². The molecule has 0 unspecified atom stereocenters. The molecule has 0 spiro atoms. The number of hydrogen-bond acceptors (Lipinski definition) is 3. The van der Waals surface area contributed by atoms with Crippen LogP contribution >= 0.6 is 0 Å². The fraction of sp³-hybridized carbons (Fsp3) is 0.476. The summed E-state index contributed by atoms with van der Waals surface area (Å²) in [5.41, 5.74) is 2.28. The number of fused-ring (bicyclic) bond motifs is 1. The summed E-state index contributed by atoms with van der Waals surface area (Å²) >= 11 is 0. The first-order chi connectivity index (χ1) is 13.4. The van der Waals surface area contributed by atoms with Crippen LogP contribution in [0.3, 0.4) is 0 Å². The van der Waals surface area contributed by atoms with Crippen molar-refractivity contribution in [2.45, 2.75) is 32.0 Å². The van der Waals surface area contributed by atoms with Crippen molar-refractivity contribution in [2.75, 3.05) is 37.6 Å². The lowest BCUT2D eigenvalue weighted by atomic mass is 9.97. The quantitative estimate of drug-likeness (QED) is 0.793. The Morgan fingerprint density at radius 1 is 0.893 bits per heavy atom. The van der Waals surface area contributed by atoms with Crippen molar-refractivity contribution in [1.82, 2.24) is 9.47 Å². The fourth-order valence-electron chi connectivity index (χ4n) is 4.14. The van der Waals surface area contributed by atoms with Gasteiger partial charge < -0.3 is 9.47 Å². The molecule has 0 saturated carbocycles. The highest BCUT2D eigenvalue weighted by atomic mass is 19.4. The van der Waals surface area contributed by atoms with E-state index in [9.17, 15) is 18.0 Å². The molecular formula is C21H24F3N3O. The molecular weight excluding hydrogens is 367 g/mol. The lowest BCUT2D eigenvalue weighted by Gasteiger charge is -2.36. The molecule has 1 fully saturated rings. The number of carbonyl (C=O) groups excluding carboxylic acids is 1. The Morgan fingerprint density at radius 2 is 1.61 bits per heavy atom. The SMILES string of the molecule is O=C1CCCc2c1ccn2CCN1CCN(c2ccc(C(F)(F)F)cc2)CC1. The molecule has 150 valence electrons. The summed E-state index contributed by atoms with van der Waals surface area (Å²) in [5.74, 6) is 0.255. The molecule has 0 atom stereocenters. The second kappa shape index (κ2) is 7.62. The third-order valence-corrected chi connectivity index (χ3v) is 5.79. The summed E-state index contributed by atoms with van der Waals surface area (Å²) in [5, 5.41) is 0. The first-order valence-electron chi connectivity index (χ1n) is 9.77. The number of anilines is 1. The normalized spacial score (nSPS) is 18.4. The fourth-order valence-corrected chi connectivity index (χ4v) is 4.14. The number of rotatable bonds is 4. The molecule has 28 heavy (non-hydrogen) atoms. The van der Waals surface area contributed by atoms with Gasteiger partial charge in [-0.25, -0.2) is 0 Å². The molecule has 0 amide bonds.